The van der Waals surface area contributed by atoms with Gasteiger partial charge in [0.15, 0.2) is 0 Å². The molecule has 0 atom stereocenters. The minimum Gasteiger partial charge on any atom is -0.398 e. The summed E-state index contributed by atoms with van der Waals surface area (Å²) in [5.74, 6) is 0. The van der Waals surface area contributed by atoms with E-state index in [1.54, 1.807) is 26.0 Å². The van der Waals surface area contributed by atoms with Crippen LogP contribution in [0.4, 0.5) is 11.4 Å². The summed E-state index contributed by atoms with van der Waals surface area (Å²) >= 11 is 0. The molecule has 0 radical (unpaired) electrons. The number of nitrogens with two attached hydrogens (primary N) is 1. The first-order chi connectivity index (χ1) is 9.74. The third kappa shape index (κ3) is 2.88. The molecule has 0 saturated heterocycles. The minimum absolute atomic E-state index is 0.255. The summed E-state index contributed by atoms with van der Waals surface area (Å²) in [5.41, 5.74) is 9.98. The smallest absolute Gasteiger partial charge is 0.262 e. The number of nitrogens with one attached hydrogen (secondary N) is 1. The van der Waals surface area contributed by atoms with Gasteiger partial charge < -0.3 is 5.73 Å². The zero-order chi connectivity index (χ0) is 15.8. The van der Waals surface area contributed by atoms with E-state index < -0.39 is 10.0 Å². The highest BCUT2D eigenvalue weighted by Gasteiger charge is 2.22. The average molecular weight is 304 g/mol. The molecule has 3 N–H and O–H groups in total. The molecule has 0 aromatic heterocycles. The van der Waals surface area contributed by atoms with Gasteiger partial charge >= 0.3 is 0 Å². The molecule has 4 nitrogen and oxygen atoms in total. The number of nitrogen functional groups attached to an aromatic ring is 1. The van der Waals surface area contributed by atoms with Gasteiger partial charge in [-0.1, -0.05) is 24.3 Å². The molecule has 5 heteroatoms. The molecule has 0 aliphatic heterocycles. The molecule has 21 heavy (non-hydrogen) atoms. The highest BCUT2D eigenvalue weighted by atomic mass is 32.2. The fraction of sp³-hybridized carbons (Fsp3) is 0.250. The van der Waals surface area contributed by atoms with Gasteiger partial charge in [-0.25, -0.2) is 8.42 Å². The maximum Gasteiger partial charge on any atom is 0.262 e. The topological polar surface area (TPSA) is 72.2 Å². The van der Waals surface area contributed by atoms with Gasteiger partial charge in [-0.2, -0.15) is 0 Å². The molecule has 2 aromatic rings. The Balaban J connectivity index is 2.57. The third-order valence-corrected chi connectivity index (χ3v) is 5.27. The fourth-order valence-corrected chi connectivity index (χ4v) is 4.12. The number of para-hydroxylation sites is 1. The Bertz CT molecular complexity index is 776. The number of anilines is 2. The number of sulfonamides is 1. The lowest BCUT2D eigenvalue weighted by Crippen LogP contribution is -2.17. The van der Waals surface area contributed by atoms with E-state index in [-0.39, 0.29) is 4.90 Å². The van der Waals surface area contributed by atoms with Crippen LogP contribution in [0.25, 0.3) is 0 Å². The van der Waals surface area contributed by atoms with Gasteiger partial charge in [0, 0.05) is 5.69 Å². The normalized spacial score (nSPS) is 11.4. The second-order valence-electron chi connectivity index (χ2n) is 5.30. The number of rotatable bonds is 3. The second-order valence-corrected chi connectivity index (χ2v) is 6.92. The largest absolute Gasteiger partial charge is 0.398 e. The van der Waals surface area contributed by atoms with E-state index >= 15 is 0 Å². The van der Waals surface area contributed by atoms with Crippen LogP contribution in [-0.4, -0.2) is 8.42 Å². The van der Waals surface area contributed by atoms with Crippen molar-refractivity contribution in [3.63, 3.8) is 0 Å². The summed E-state index contributed by atoms with van der Waals surface area (Å²) < 4.78 is 28.2. The molecule has 2 aromatic carbocycles. The van der Waals surface area contributed by atoms with E-state index in [1.165, 1.54) is 0 Å². The standard InChI is InChI=1S/C16H20N2O2S/c1-10-6-5-7-11(2)15(10)18-21(19,20)16-12(3)8-9-14(17)13(16)4/h5-9,18H,17H2,1-4H3. The highest BCUT2D eigenvalue weighted by Crippen LogP contribution is 2.28. The maximum atomic E-state index is 12.7. The Labute approximate surface area is 126 Å². The first kappa shape index (κ1) is 15.4. The molecule has 112 valence electrons. The molecule has 0 aliphatic carbocycles. The van der Waals surface area contributed by atoms with Crippen LogP contribution in [0, 0.1) is 27.7 Å². The van der Waals surface area contributed by atoms with Crippen molar-refractivity contribution in [1.29, 1.82) is 0 Å². The van der Waals surface area contributed by atoms with Crippen molar-refractivity contribution in [2.75, 3.05) is 10.5 Å². The van der Waals surface area contributed by atoms with Crippen molar-refractivity contribution < 1.29 is 8.42 Å². The zero-order valence-electron chi connectivity index (χ0n) is 12.7. The number of hydrogen-bond acceptors (Lipinski definition) is 3. The first-order valence-corrected chi connectivity index (χ1v) is 8.17. The SMILES string of the molecule is Cc1cccc(C)c1NS(=O)(=O)c1c(C)ccc(N)c1C. The van der Waals surface area contributed by atoms with Crippen molar-refractivity contribution in [2.24, 2.45) is 0 Å². The number of hydrogen-bond donors (Lipinski definition) is 2. The van der Waals surface area contributed by atoms with Crippen molar-refractivity contribution in [3.05, 3.63) is 52.6 Å². The number of aryl methyl sites for hydroxylation is 3. The van der Waals surface area contributed by atoms with Crippen molar-refractivity contribution in [1.82, 2.24) is 0 Å². The van der Waals surface area contributed by atoms with Gasteiger partial charge in [-0.05, 0) is 56.0 Å². The summed E-state index contributed by atoms with van der Waals surface area (Å²) in [4.78, 5) is 0.255. The van der Waals surface area contributed by atoms with Crippen molar-refractivity contribution in [2.45, 2.75) is 32.6 Å². The molecule has 2 rings (SSSR count). The van der Waals surface area contributed by atoms with Crippen LogP contribution in [-0.2, 0) is 10.0 Å². The van der Waals surface area contributed by atoms with Crippen molar-refractivity contribution in [3.8, 4) is 0 Å². The second kappa shape index (κ2) is 5.41. The van der Waals surface area contributed by atoms with E-state index in [1.807, 2.05) is 32.0 Å². The molecular formula is C16H20N2O2S. The Kier molecular flexibility index (Phi) is 3.96. The van der Waals surface area contributed by atoms with E-state index in [9.17, 15) is 8.42 Å². The fourth-order valence-electron chi connectivity index (χ4n) is 2.42. The van der Waals surface area contributed by atoms with E-state index in [2.05, 4.69) is 4.72 Å². The number of benzene rings is 2. The summed E-state index contributed by atoms with van der Waals surface area (Å²) in [5, 5.41) is 0. The molecule has 0 amide bonds. The first-order valence-electron chi connectivity index (χ1n) is 6.68. The third-order valence-electron chi connectivity index (χ3n) is 3.63. The van der Waals surface area contributed by atoms with Crippen LogP contribution in [0.5, 0.6) is 0 Å². The van der Waals surface area contributed by atoms with Gasteiger partial charge in [-0.15, -0.1) is 0 Å². The van der Waals surface area contributed by atoms with Crippen molar-refractivity contribution >= 4 is 21.4 Å². The summed E-state index contributed by atoms with van der Waals surface area (Å²) in [6, 6.07) is 9.11. The Morgan fingerprint density at radius 1 is 0.905 bits per heavy atom. The predicted octanol–water partition coefficient (Wildman–Crippen LogP) is 3.30. The molecular weight excluding hydrogens is 284 g/mol. The average Bonchev–Trinajstić information content (AvgIpc) is 2.39. The van der Waals surface area contributed by atoms with Gasteiger partial charge in [0.2, 0.25) is 0 Å². The quantitative estimate of drug-likeness (QED) is 0.855. The van der Waals surface area contributed by atoms with E-state index in [0.717, 1.165) is 11.1 Å². The van der Waals surface area contributed by atoms with Gasteiger partial charge in [0.1, 0.15) is 0 Å². The Morgan fingerprint density at radius 3 is 2.05 bits per heavy atom. The molecule has 0 fully saturated rings. The lowest BCUT2D eigenvalue weighted by atomic mass is 10.1. The Hall–Kier alpha value is -2.01. The van der Waals surface area contributed by atoms with E-state index in [0.29, 0.717) is 22.5 Å². The lowest BCUT2D eigenvalue weighted by molar-refractivity contribution is 0.600. The monoisotopic (exact) mass is 304 g/mol. The lowest BCUT2D eigenvalue weighted by Gasteiger charge is -2.17. The molecule has 0 heterocycles. The van der Waals surface area contributed by atoms with E-state index in [4.69, 9.17) is 5.73 Å². The summed E-state index contributed by atoms with van der Waals surface area (Å²) in [6.45, 7) is 7.25. The van der Waals surface area contributed by atoms with Crippen LogP contribution >= 0.6 is 0 Å². The Morgan fingerprint density at radius 2 is 1.48 bits per heavy atom. The van der Waals surface area contributed by atoms with Gasteiger partial charge in [0.05, 0.1) is 10.6 Å². The molecule has 0 saturated carbocycles. The minimum atomic E-state index is -3.67. The molecule has 0 aliphatic rings. The molecule has 0 spiro atoms. The molecule has 0 unspecified atom stereocenters. The van der Waals surface area contributed by atoms with Crippen LogP contribution in [0.2, 0.25) is 0 Å². The highest BCUT2D eigenvalue weighted by molar-refractivity contribution is 7.92. The van der Waals surface area contributed by atoms with Crippen LogP contribution in [0.3, 0.4) is 0 Å². The zero-order valence-corrected chi connectivity index (χ0v) is 13.5. The van der Waals surface area contributed by atoms with Crippen LogP contribution in [0.15, 0.2) is 35.2 Å². The van der Waals surface area contributed by atoms with Crippen LogP contribution in [0.1, 0.15) is 22.3 Å². The van der Waals surface area contributed by atoms with Crippen LogP contribution < -0.4 is 10.5 Å². The summed E-state index contributed by atoms with van der Waals surface area (Å²) in [7, 11) is -3.67. The van der Waals surface area contributed by atoms with Gasteiger partial charge in [0.25, 0.3) is 10.0 Å². The van der Waals surface area contributed by atoms with Gasteiger partial charge in [-0.3, -0.25) is 4.72 Å². The molecule has 0 bridgehead atoms. The summed E-state index contributed by atoms with van der Waals surface area (Å²) in [6.07, 6.45) is 0. The maximum absolute atomic E-state index is 12.7. The predicted molar refractivity (Wildman–Crippen MR) is 87.1 cm³/mol.